The molecule has 2 atom stereocenters. The molecule has 5 heteroatoms. The molecule has 1 aliphatic carbocycles. The lowest BCUT2D eigenvalue weighted by Crippen LogP contribution is -2.22. The van der Waals surface area contributed by atoms with E-state index in [0.29, 0.717) is 22.0 Å². The molecule has 0 aliphatic heterocycles. The van der Waals surface area contributed by atoms with Crippen LogP contribution in [0.1, 0.15) is 30.0 Å². The molecule has 122 valence electrons. The molecular formula is C18H19Cl2NOS. The monoisotopic (exact) mass is 367 g/mol. The Morgan fingerprint density at radius 3 is 2.39 bits per heavy atom. The van der Waals surface area contributed by atoms with Gasteiger partial charge in [-0.05, 0) is 54.2 Å². The maximum Gasteiger partial charge on any atom is 0.0595 e. The summed E-state index contributed by atoms with van der Waals surface area (Å²) in [4.78, 5) is 0.858. The van der Waals surface area contributed by atoms with Gasteiger partial charge in [0.05, 0.1) is 10.0 Å². The average Bonchev–Trinajstić information content (AvgIpc) is 3.36. The lowest BCUT2D eigenvalue weighted by atomic mass is 10.0. The third kappa shape index (κ3) is 4.36. The standard InChI is InChI=1S/C18H19Cl2NOS/c1-23(22)15-7-2-12(3-8-15)11-21-18(13-4-5-13)14-6-9-16(19)17(20)10-14/h2-3,6-10,13,18,21H,4-5,11H2,1H3. The summed E-state index contributed by atoms with van der Waals surface area (Å²) < 4.78 is 11.4. The molecule has 1 N–H and O–H groups in total. The molecule has 1 aliphatic rings. The molecule has 3 rings (SSSR count). The van der Waals surface area contributed by atoms with E-state index >= 15 is 0 Å². The van der Waals surface area contributed by atoms with Gasteiger partial charge in [0.1, 0.15) is 0 Å². The summed E-state index contributed by atoms with van der Waals surface area (Å²) in [5, 5.41) is 4.83. The fraction of sp³-hybridized carbons (Fsp3) is 0.333. The van der Waals surface area contributed by atoms with Gasteiger partial charge in [-0.1, -0.05) is 41.4 Å². The zero-order chi connectivity index (χ0) is 16.4. The molecule has 0 heterocycles. The second kappa shape index (κ2) is 7.35. The Morgan fingerprint density at radius 2 is 1.83 bits per heavy atom. The minimum absolute atomic E-state index is 0.296. The SMILES string of the molecule is CS(=O)c1ccc(CNC(c2ccc(Cl)c(Cl)c2)C2CC2)cc1. The largest absolute Gasteiger partial charge is 0.306 e. The van der Waals surface area contributed by atoms with E-state index in [4.69, 9.17) is 23.2 Å². The molecular weight excluding hydrogens is 349 g/mol. The maximum absolute atomic E-state index is 11.4. The van der Waals surface area contributed by atoms with Crippen LogP contribution in [0, 0.1) is 5.92 Å². The smallest absolute Gasteiger partial charge is 0.0595 e. The molecule has 23 heavy (non-hydrogen) atoms. The van der Waals surface area contributed by atoms with E-state index < -0.39 is 10.8 Å². The highest BCUT2D eigenvalue weighted by molar-refractivity contribution is 7.84. The highest BCUT2D eigenvalue weighted by Crippen LogP contribution is 2.42. The van der Waals surface area contributed by atoms with Crippen LogP contribution in [-0.4, -0.2) is 10.5 Å². The Bertz CT molecular complexity index is 713. The lowest BCUT2D eigenvalue weighted by molar-refractivity contribution is 0.480. The first-order valence-corrected chi connectivity index (χ1v) is 9.96. The van der Waals surface area contributed by atoms with Gasteiger partial charge in [-0.2, -0.15) is 0 Å². The van der Waals surface area contributed by atoms with Gasteiger partial charge in [-0.25, -0.2) is 0 Å². The fourth-order valence-corrected chi connectivity index (χ4v) is 3.54. The average molecular weight is 368 g/mol. The van der Waals surface area contributed by atoms with Crippen LogP contribution in [0.3, 0.4) is 0 Å². The van der Waals surface area contributed by atoms with Crippen LogP contribution in [-0.2, 0) is 17.3 Å². The third-order valence-corrected chi connectivity index (χ3v) is 5.85. The molecule has 0 spiro atoms. The summed E-state index contributed by atoms with van der Waals surface area (Å²) in [6.07, 6.45) is 4.18. The molecule has 2 unspecified atom stereocenters. The van der Waals surface area contributed by atoms with E-state index in [2.05, 4.69) is 5.32 Å². The van der Waals surface area contributed by atoms with Crippen LogP contribution in [0.2, 0.25) is 10.0 Å². The van der Waals surface area contributed by atoms with E-state index in [-0.39, 0.29) is 0 Å². The minimum atomic E-state index is -0.929. The molecule has 1 saturated carbocycles. The summed E-state index contributed by atoms with van der Waals surface area (Å²) in [5.74, 6) is 0.662. The van der Waals surface area contributed by atoms with E-state index in [9.17, 15) is 4.21 Å². The molecule has 0 radical (unpaired) electrons. The Balaban J connectivity index is 1.70. The maximum atomic E-state index is 11.4. The van der Waals surface area contributed by atoms with Crippen LogP contribution in [0.25, 0.3) is 0 Å². The van der Waals surface area contributed by atoms with Crippen molar-refractivity contribution in [1.82, 2.24) is 5.32 Å². The predicted octanol–water partition coefficient (Wildman–Crippen LogP) is 4.97. The van der Waals surface area contributed by atoms with Crippen LogP contribution >= 0.6 is 23.2 Å². The topological polar surface area (TPSA) is 29.1 Å². The summed E-state index contributed by atoms with van der Waals surface area (Å²) in [5.41, 5.74) is 2.37. The van der Waals surface area contributed by atoms with Crippen LogP contribution < -0.4 is 5.32 Å². The van der Waals surface area contributed by atoms with Gasteiger partial charge >= 0.3 is 0 Å². The van der Waals surface area contributed by atoms with Crippen molar-refractivity contribution in [3.05, 3.63) is 63.6 Å². The zero-order valence-corrected chi connectivity index (χ0v) is 15.2. The molecule has 2 aromatic rings. The summed E-state index contributed by atoms with van der Waals surface area (Å²) in [7, 11) is -0.929. The highest BCUT2D eigenvalue weighted by Gasteiger charge is 2.32. The van der Waals surface area contributed by atoms with Crippen molar-refractivity contribution in [3.63, 3.8) is 0 Å². The van der Waals surface area contributed by atoms with Gasteiger partial charge in [0.25, 0.3) is 0 Å². The van der Waals surface area contributed by atoms with Crippen molar-refractivity contribution in [2.24, 2.45) is 5.92 Å². The zero-order valence-electron chi connectivity index (χ0n) is 12.9. The molecule has 2 aromatic carbocycles. The van der Waals surface area contributed by atoms with Crippen LogP contribution in [0.4, 0.5) is 0 Å². The van der Waals surface area contributed by atoms with Crippen LogP contribution in [0.15, 0.2) is 47.4 Å². The van der Waals surface area contributed by atoms with Crippen molar-refractivity contribution in [2.45, 2.75) is 30.3 Å². The Kier molecular flexibility index (Phi) is 5.42. The predicted molar refractivity (Wildman–Crippen MR) is 97.5 cm³/mol. The number of hydrogen-bond acceptors (Lipinski definition) is 2. The second-order valence-electron chi connectivity index (χ2n) is 5.97. The molecule has 0 amide bonds. The summed E-state index contributed by atoms with van der Waals surface area (Å²) in [6, 6.07) is 14.1. The van der Waals surface area contributed by atoms with E-state index in [0.717, 1.165) is 11.4 Å². The van der Waals surface area contributed by atoms with Gasteiger partial charge in [-0.15, -0.1) is 0 Å². The van der Waals surface area contributed by atoms with Crippen molar-refractivity contribution in [3.8, 4) is 0 Å². The third-order valence-electron chi connectivity index (χ3n) is 4.18. The van der Waals surface area contributed by atoms with Crippen molar-refractivity contribution >= 4 is 34.0 Å². The van der Waals surface area contributed by atoms with E-state index in [1.54, 1.807) is 6.26 Å². The second-order valence-corrected chi connectivity index (χ2v) is 8.16. The number of halogens is 2. The number of nitrogens with one attached hydrogen (secondary N) is 1. The van der Waals surface area contributed by atoms with Gasteiger partial charge in [0, 0.05) is 34.5 Å². The molecule has 1 fully saturated rings. The van der Waals surface area contributed by atoms with Crippen molar-refractivity contribution < 1.29 is 4.21 Å². The first-order valence-electron chi connectivity index (χ1n) is 7.65. The Labute approximate surface area is 149 Å². The summed E-state index contributed by atoms with van der Waals surface area (Å²) >= 11 is 12.2. The number of hydrogen-bond donors (Lipinski definition) is 1. The van der Waals surface area contributed by atoms with Gasteiger partial charge in [-0.3, -0.25) is 4.21 Å². The molecule has 0 aromatic heterocycles. The highest BCUT2D eigenvalue weighted by atomic mass is 35.5. The van der Waals surface area contributed by atoms with Crippen molar-refractivity contribution in [1.29, 1.82) is 0 Å². The van der Waals surface area contributed by atoms with Gasteiger partial charge < -0.3 is 5.32 Å². The number of benzene rings is 2. The fourth-order valence-electron chi connectivity index (χ4n) is 2.72. The molecule has 0 bridgehead atoms. The first-order chi connectivity index (χ1) is 11.0. The Morgan fingerprint density at radius 1 is 1.13 bits per heavy atom. The van der Waals surface area contributed by atoms with E-state index in [1.165, 1.54) is 24.0 Å². The Hall–Kier alpha value is -0.870. The van der Waals surface area contributed by atoms with Gasteiger partial charge in [0.15, 0.2) is 0 Å². The minimum Gasteiger partial charge on any atom is -0.306 e. The summed E-state index contributed by atoms with van der Waals surface area (Å²) in [6.45, 7) is 0.776. The molecule has 0 saturated heterocycles. The quantitative estimate of drug-likeness (QED) is 0.780. The van der Waals surface area contributed by atoms with Crippen molar-refractivity contribution in [2.75, 3.05) is 6.26 Å². The lowest BCUT2D eigenvalue weighted by Gasteiger charge is -2.19. The van der Waals surface area contributed by atoms with Gasteiger partial charge in [0.2, 0.25) is 0 Å². The van der Waals surface area contributed by atoms with Crippen LogP contribution in [0.5, 0.6) is 0 Å². The molecule has 2 nitrogen and oxygen atoms in total. The normalized spacial score (nSPS) is 17.0. The number of rotatable bonds is 6. The first kappa shape index (κ1) is 17.0. The van der Waals surface area contributed by atoms with E-state index in [1.807, 2.05) is 42.5 Å².